The molecule has 1 aliphatic rings. The second-order valence-corrected chi connectivity index (χ2v) is 10.5. The van der Waals surface area contributed by atoms with E-state index in [2.05, 4.69) is 73.0 Å². The Kier molecular flexibility index (Phi) is 5.22. The van der Waals surface area contributed by atoms with Gasteiger partial charge >= 0.3 is 6.19 Å². The largest absolute Gasteiger partial charge is 0.546 e. The minimum atomic E-state index is -0.0807. The molecule has 0 saturated carbocycles. The van der Waals surface area contributed by atoms with Gasteiger partial charge in [-0.15, -0.1) is 11.6 Å². The third kappa shape index (κ3) is 3.94. The Morgan fingerprint density at radius 3 is 2.49 bits per heavy atom. The van der Waals surface area contributed by atoms with Crippen molar-refractivity contribution in [3.63, 3.8) is 0 Å². The number of para-hydroxylation sites is 1. The molecule has 0 spiro atoms. The predicted molar refractivity (Wildman–Crippen MR) is 153 cm³/mol. The van der Waals surface area contributed by atoms with Crippen LogP contribution in [0.1, 0.15) is 11.1 Å². The van der Waals surface area contributed by atoms with Crippen molar-refractivity contribution in [2.75, 3.05) is 0 Å². The highest BCUT2D eigenvalue weighted by atomic mass is 32.2. The van der Waals surface area contributed by atoms with Crippen molar-refractivity contribution >= 4 is 45.2 Å². The van der Waals surface area contributed by atoms with Crippen molar-refractivity contribution in [1.82, 2.24) is 9.55 Å². The fraction of sp³-hybridized carbons (Fsp3) is 0.0645. The maximum absolute atomic E-state index is 6.36. The molecular weight excluding hydrogens is 475 g/mol. The monoisotopic (exact) mass is 498 g/mol. The van der Waals surface area contributed by atoms with Gasteiger partial charge in [0, 0.05) is 27.9 Å². The first kappa shape index (κ1) is 22.1. The lowest BCUT2D eigenvalue weighted by atomic mass is 9.86. The Hall–Kier alpha value is -4.16. The summed E-state index contributed by atoms with van der Waals surface area (Å²) in [5.74, 6) is 2.48. The minimum absolute atomic E-state index is 0.0807. The van der Waals surface area contributed by atoms with Gasteiger partial charge in [0.25, 0.3) is 0 Å². The molecule has 4 aromatic carbocycles. The molecule has 1 aliphatic heterocycles. The smallest absolute Gasteiger partial charge is 0.467 e. The summed E-state index contributed by atoms with van der Waals surface area (Å²) in [7, 11) is 0. The van der Waals surface area contributed by atoms with E-state index in [0.717, 1.165) is 55.4 Å². The third-order valence-electron chi connectivity index (χ3n) is 6.66. The summed E-state index contributed by atoms with van der Waals surface area (Å²) in [5.41, 5.74) is 6.55. The summed E-state index contributed by atoms with van der Waals surface area (Å²) in [6.07, 6.45) is 1.85. The van der Waals surface area contributed by atoms with Gasteiger partial charge in [0.15, 0.2) is 0 Å². The first-order valence-electron chi connectivity index (χ1n) is 12.3. The number of benzene rings is 4. The van der Waals surface area contributed by atoms with E-state index in [0.29, 0.717) is 0 Å². The summed E-state index contributed by atoms with van der Waals surface area (Å²) < 4.78 is 14.7. The standard InChI is InChI=1S/C31H23BN2O2S/c1-20-13-14-28-26(15-20)27-16-21(2)19-33-31(27)34(28)23-8-6-10-25(18-23)35-24-9-5-7-22(17-24)32-36-29-11-3-4-12-30(29)37-32/h3-19H,1-2H3. The number of ether oxygens (including phenoxy) is 1. The van der Waals surface area contributed by atoms with Crippen LogP contribution >= 0.6 is 11.6 Å². The molecule has 6 aromatic rings. The van der Waals surface area contributed by atoms with E-state index in [1.807, 2.05) is 48.7 Å². The number of aromatic nitrogens is 2. The summed E-state index contributed by atoms with van der Waals surface area (Å²) in [6.45, 7) is 4.21. The van der Waals surface area contributed by atoms with Crippen LogP contribution in [0.15, 0.2) is 108 Å². The van der Waals surface area contributed by atoms with Crippen LogP contribution < -0.4 is 14.9 Å². The fourth-order valence-corrected chi connectivity index (χ4v) is 6.01. The van der Waals surface area contributed by atoms with Crippen LogP contribution in [0.5, 0.6) is 17.2 Å². The molecule has 4 nitrogen and oxygen atoms in total. The molecule has 0 bridgehead atoms. The Labute approximate surface area is 219 Å². The van der Waals surface area contributed by atoms with Gasteiger partial charge in [0.1, 0.15) is 22.9 Å². The molecule has 0 fully saturated rings. The van der Waals surface area contributed by atoms with E-state index >= 15 is 0 Å². The molecule has 0 aliphatic carbocycles. The van der Waals surface area contributed by atoms with E-state index < -0.39 is 0 Å². The lowest BCUT2D eigenvalue weighted by molar-refractivity contribution is 0.483. The van der Waals surface area contributed by atoms with Crippen LogP contribution in [0, 0.1) is 13.8 Å². The van der Waals surface area contributed by atoms with Crippen LogP contribution in [-0.2, 0) is 0 Å². The van der Waals surface area contributed by atoms with Gasteiger partial charge in [0.2, 0.25) is 0 Å². The number of fused-ring (bicyclic) bond motifs is 4. The fourth-order valence-electron chi connectivity index (χ4n) is 4.96. The highest BCUT2D eigenvalue weighted by Gasteiger charge is 2.31. The third-order valence-corrected chi connectivity index (χ3v) is 7.83. The van der Waals surface area contributed by atoms with Crippen LogP contribution in [0.25, 0.3) is 27.6 Å². The molecule has 0 saturated heterocycles. The van der Waals surface area contributed by atoms with Crippen LogP contribution in [-0.4, -0.2) is 15.7 Å². The van der Waals surface area contributed by atoms with Gasteiger partial charge in [-0.1, -0.05) is 42.0 Å². The highest BCUT2D eigenvalue weighted by Crippen LogP contribution is 2.38. The van der Waals surface area contributed by atoms with Gasteiger partial charge in [-0.3, -0.25) is 4.57 Å². The first-order valence-corrected chi connectivity index (χ1v) is 13.2. The van der Waals surface area contributed by atoms with Crippen molar-refractivity contribution in [3.05, 3.63) is 114 Å². The van der Waals surface area contributed by atoms with Crippen molar-refractivity contribution < 1.29 is 9.39 Å². The Bertz CT molecular complexity index is 1730. The molecular formula is C31H23BN2O2S. The zero-order valence-corrected chi connectivity index (χ0v) is 21.3. The van der Waals surface area contributed by atoms with Crippen LogP contribution in [0.4, 0.5) is 0 Å². The summed E-state index contributed by atoms with van der Waals surface area (Å²) in [4.78, 5) is 5.98. The van der Waals surface area contributed by atoms with Gasteiger partial charge in [-0.25, -0.2) is 4.98 Å². The van der Waals surface area contributed by atoms with Gasteiger partial charge in [-0.2, -0.15) is 0 Å². The first-order chi connectivity index (χ1) is 18.1. The average molecular weight is 498 g/mol. The number of nitrogens with zero attached hydrogens (tertiary/aromatic N) is 2. The highest BCUT2D eigenvalue weighted by molar-refractivity contribution is 8.26. The van der Waals surface area contributed by atoms with Crippen molar-refractivity contribution in [1.29, 1.82) is 0 Å². The zero-order chi connectivity index (χ0) is 24.9. The second-order valence-electron chi connectivity index (χ2n) is 9.43. The number of pyridine rings is 1. The topological polar surface area (TPSA) is 36.3 Å². The van der Waals surface area contributed by atoms with Crippen molar-refractivity contribution in [2.24, 2.45) is 0 Å². The van der Waals surface area contributed by atoms with Crippen LogP contribution in [0.2, 0.25) is 0 Å². The quantitative estimate of drug-likeness (QED) is 0.236. The SMILES string of the molecule is Cc1ccc2c(c1)c1cc(C)cnc1n2-c1cccc(Oc2cccc(B3Oc4ccccc4S3)c2)c1. The van der Waals surface area contributed by atoms with E-state index in [9.17, 15) is 0 Å². The molecule has 178 valence electrons. The molecule has 7 rings (SSSR count). The number of hydrogen-bond donors (Lipinski definition) is 0. The number of rotatable bonds is 4. The summed E-state index contributed by atoms with van der Waals surface area (Å²) in [6, 6.07) is 33.3. The Morgan fingerprint density at radius 1 is 0.784 bits per heavy atom. The number of aryl methyl sites for hydroxylation is 2. The molecule has 37 heavy (non-hydrogen) atoms. The van der Waals surface area contributed by atoms with E-state index in [4.69, 9.17) is 14.4 Å². The van der Waals surface area contributed by atoms with Gasteiger partial charge in [0.05, 0.1) is 11.2 Å². The molecule has 0 atom stereocenters. The normalized spacial score (nSPS) is 12.6. The zero-order valence-electron chi connectivity index (χ0n) is 20.5. The molecule has 0 amide bonds. The van der Waals surface area contributed by atoms with E-state index in [-0.39, 0.29) is 6.19 Å². The van der Waals surface area contributed by atoms with Gasteiger partial charge in [-0.05, 0) is 79.5 Å². The summed E-state index contributed by atoms with van der Waals surface area (Å²) >= 11 is 1.72. The lowest BCUT2D eigenvalue weighted by Gasteiger charge is -2.12. The average Bonchev–Trinajstić information content (AvgIpc) is 3.48. The molecule has 0 N–H and O–H groups in total. The van der Waals surface area contributed by atoms with Crippen molar-refractivity contribution in [3.8, 4) is 22.9 Å². The van der Waals surface area contributed by atoms with Crippen molar-refractivity contribution in [2.45, 2.75) is 18.7 Å². The minimum Gasteiger partial charge on any atom is -0.546 e. The molecule has 0 radical (unpaired) electrons. The predicted octanol–water partition coefficient (Wildman–Crippen LogP) is 7.47. The van der Waals surface area contributed by atoms with Crippen LogP contribution in [0.3, 0.4) is 0 Å². The molecule has 0 unspecified atom stereocenters. The second kappa shape index (κ2) is 8.75. The summed E-state index contributed by atoms with van der Waals surface area (Å²) in [5, 5.41) is 2.37. The Morgan fingerprint density at radius 2 is 1.59 bits per heavy atom. The maximum atomic E-state index is 6.36. The maximum Gasteiger partial charge on any atom is 0.467 e. The lowest BCUT2D eigenvalue weighted by Crippen LogP contribution is -2.30. The molecule has 2 aromatic heterocycles. The van der Waals surface area contributed by atoms with E-state index in [1.165, 1.54) is 10.9 Å². The molecule has 3 heterocycles. The number of hydrogen-bond acceptors (Lipinski definition) is 4. The van der Waals surface area contributed by atoms with E-state index in [1.54, 1.807) is 11.6 Å². The Balaban J connectivity index is 1.24. The molecule has 6 heteroatoms. The van der Waals surface area contributed by atoms with Gasteiger partial charge < -0.3 is 9.39 Å².